The van der Waals surface area contributed by atoms with Gasteiger partial charge in [0.15, 0.2) is 0 Å². The van der Waals surface area contributed by atoms with E-state index in [1.807, 2.05) is 18.7 Å². The van der Waals surface area contributed by atoms with Crippen molar-refractivity contribution in [3.05, 3.63) is 51.5 Å². The predicted molar refractivity (Wildman–Crippen MR) is 152 cm³/mol. The summed E-state index contributed by atoms with van der Waals surface area (Å²) >= 11 is 12.4. The van der Waals surface area contributed by atoms with Crippen LogP contribution < -0.4 is 4.90 Å². The van der Waals surface area contributed by atoms with E-state index in [1.165, 1.54) is 10.7 Å². The summed E-state index contributed by atoms with van der Waals surface area (Å²) in [7, 11) is 0. The summed E-state index contributed by atoms with van der Waals surface area (Å²) < 4.78 is 44.0. The first-order valence-corrected chi connectivity index (χ1v) is 14.7. The maximum Gasteiger partial charge on any atom is 0.418 e. The second-order valence-electron chi connectivity index (χ2n) is 12.2. The van der Waals surface area contributed by atoms with E-state index >= 15 is 0 Å². The van der Waals surface area contributed by atoms with Gasteiger partial charge in [-0.3, -0.25) is 4.79 Å². The lowest BCUT2D eigenvalue weighted by atomic mass is 9.65. The minimum Gasteiger partial charge on any atom is -0.481 e. The number of likely N-dealkylation sites (tertiary alicyclic amines) is 1. The highest BCUT2D eigenvalue weighted by atomic mass is 35.5. The van der Waals surface area contributed by atoms with Gasteiger partial charge in [-0.05, 0) is 87.7 Å². The Morgan fingerprint density at radius 1 is 1.12 bits per heavy atom. The second kappa shape index (κ2) is 10.3. The zero-order valence-electron chi connectivity index (χ0n) is 22.8. The van der Waals surface area contributed by atoms with E-state index < -0.39 is 29.2 Å². The Morgan fingerprint density at radius 2 is 1.85 bits per heavy atom. The summed E-state index contributed by atoms with van der Waals surface area (Å²) in [5, 5.41) is 18.4. The molecule has 1 aromatic heterocycles. The lowest BCUT2D eigenvalue weighted by Gasteiger charge is -2.52. The number of carboxylic acids is 1. The van der Waals surface area contributed by atoms with Crippen molar-refractivity contribution in [2.45, 2.75) is 57.8 Å². The van der Waals surface area contributed by atoms with Gasteiger partial charge in [0.2, 0.25) is 0 Å². The van der Waals surface area contributed by atoms with Gasteiger partial charge in [0.1, 0.15) is 5.52 Å². The fourth-order valence-electron chi connectivity index (χ4n) is 6.87. The Hall–Kier alpha value is -2.56. The number of aromatic nitrogens is 3. The zero-order valence-corrected chi connectivity index (χ0v) is 24.3. The van der Waals surface area contributed by atoms with Crippen molar-refractivity contribution in [3.8, 4) is 0 Å². The van der Waals surface area contributed by atoms with E-state index in [2.05, 4.69) is 15.2 Å². The van der Waals surface area contributed by atoms with Crippen LogP contribution in [0.25, 0.3) is 11.0 Å². The number of carbonyl (C=O) groups is 1. The van der Waals surface area contributed by atoms with Crippen LogP contribution in [-0.4, -0.2) is 63.2 Å². The molecule has 2 aromatic carbocycles. The molecule has 3 heterocycles. The van der Waals surface area contributed by atoms with Gasteiger partial charge < -0.3 is 14.9 Å². The Bertz CT molecular complexity index is 1480. The number of rotatable bonds is 6. The van der Waals surface area contributed by atoms with E-state index in [4.69, 9.17) is 23.2 Å². The van der Waals surface area contributed by atoms with Crippen molar-refractivity contribution >= 4 is 45.9 Å². The molecule has 3 aromatic rings. The van der Waals surface area contributed by atoms with Crippen molar-refractivity contribution in [2.24, 2.45) is 17.3 Å². The third-order valence-electron chi connectivity index (χ3n) is 9.48. The van der Waals surface area contributed by atoms with Crippen LogP contribution in [-0.2, 0) is 11.0 Å². The lowest BCUT2D eigenvalue weighted by molar-refractivity contribution is -0.158. The molecule has 220 valence electrons. The van der Waals surface area contributed by atoms with Crippen molar-refractivity contribution in [1.29, 1.82) is 0 Å². The molecule has 0 radical (unpaired) electrons. The van der Waals surface area contributed by atoms with E-state index in [1.54, 1.807) is 24.3 Å². The van der Waals surface area contributed by atoms with Gasteiger partial charge in [-0.2, -0.15) is 13.2 Å². The molecule has 0 amide bonds. The van der Waals surface area contributed by atoms with Crippen LogP contribution in [0.1, 0.15) is 56.7 Å². The lowest BCUT2D eigenvalue weighted by Crippen LogP contribution is -2.58. The Morgan fingerprint density at radius 3 is 2.51 bits per heavy atom. The van der Waals surface area contributed by atoms with Crippen LogP contribution in [0, 0.1) is 17.3 Å². The number of nitrogens with zero attached hydrogens (tertiary/aromatic N) is 5. The summed E-state index contributed by atoms with van der Waals surface area (Å²) in [5.41, 5.74) is -0.133. The Kier molecular flexibility index (Phi) is 7.18. The smallest absolute Gasteiger partial charge is 0.418 e. The number of halogens is 5. The van der Waals surface area contributed by atoms with Gasteiger partial charge in [0.05, 0.1) is 22.5 Å². The highest BCUT2D eigenvalue weighted by molar-refractivity contribution is 6.35. The molecule has 0 bridgehead atoms. The maximum atomic E-state index is 14.2. The van der Waals surface area contributed by atoms with Crippen LogP contribution in [0.3, 0.4) is 0 Å². The minimum atomic E-state index is -4.59. The first-order valence-electron chi connectivity index (χ1n) is 14.0. The van der Waals surface area contributed by atoms with E-state index in [-0.39, 0.29) is 5.52 Å². The van der Waals surface area contributed by atoms with Gasteiger partial charge in [-0.25, -0.2) is 4.68 Å². The quantitative estimate of drug-likeness (QED) is 0.332. The van der Waals surface area contributed by atoms with E-state index in [9.17, 15) is 23.1 Å². The third-order valence-corrected chi connectivity index (χ3v) is 10.0. The predicted octanol–water partition coefficient (Wildman–Crippen LogP) is 6.77. The number of benzene rings is 2. The van der Waals surface area contributed by atoms with Crippen molar-refractivity contribution in [3.63, 3.8) is 0 Å². The fourth-order valence-corrected chi connectivity index (χ4v) is 7.44. The Labute approximate surface area is 246 Å². The standard InChI is InChI=1S/C29H32Cl2F3N5O2/c1-16(22-6-5-19(30)8-24(22)31)39-25-10-20(9-23(29(32,33)34)26(25)35-36-39)38-14-18(15-38)17-4-3-7-37(13-17)21-11-28(2,12-21)27(40)41/h5-6,8-10,16-18,21H,3-4,7,11-15H2,1-2H3,(H,40,41)/t16-,17+,21?,28?/m1/s1. The molecule has 2 atom stereocenters. The van der Waals surface area contributed by atoms with Crippen LogP contribution in [0.4, 0.5) is 18.9 Å². The fraction of sp³-hybridized carbons (Fsp3) is 0.552. The molecule has 2 saturated heterocycles. The summed E-state index contributed by atoms with van der Waals surface area (Å²) in [4.78, 5) is 16.0. The summed E-state index contributed by atoms with van der Waals surface area (Å²) in [6.45, 7) is 6.89. The molecule has 3 aliphatic rings. The number of hydrogen-bond donors (Lipinski definition) is 1. The summed E-state index contributed by atoms with van der Waals surface area (Å²) in [6, 6.07) is 7.80. The Balaban J connectivity index is 1.21. The van der Waals surface area contributed by atoms with Gasteiger partial charge in [-0.1, -0.05) is 34.5 Å². The van der Waals surface area contributed by atoms with Crippen LogP contribution >= 0.6 is 23.2 Å². The summed E-state index contributed by atoms with van der Waals surface area (Å²) in [6.07, 6.45) is -1.10. The number of carboxylic acid groups (broad SMARTS) is 1. The topological polar surface area (TPSA) is 74.5 Å². The largest absolute Gasteiger partial charge is 0.481 e. The molecule has 0 spiro atoms. The van der Waals surface area contributed by atoms with Crippen molar-refractivity contribution in [2.75, 3.05) is 31.1 Å². The molecule has 6 rings (SSSR count). The van der Waals surface area contributed by atoms with Gasteiger partial charge in [0, 0.05) is 41.4 Å². The van der Waals surface area contributed by atoms with Crippen LogP contribution in [0.5, 0.6) is 0 Å². The van der Waals surface area contributed by atoms with Crippen molar-refractivity contribution < 1.29 is 23.1 Å². The minimum absolute atomic E-state index is 0.188. The second-order valence-corrected chi connectivity index (χ2v) is 13.1. The first kappa shape index (κ1) is 28.6. The van der Waals surface area contributed by atoms with Gasteiger partial charge in [-0.15, -0.1) is 5.10 Å². The average molecular weight is 611 g/mol. The normalized spacial score (nSPS) is 26.6. The van der Waals surface area contributed by atoms with Crippen molar-refractivity contribution in [1.82, 2.24) is 19.9 Å². The maximum absolute atomic E-state index is 14.2. The zero-order chi connectivity index (χ0) is 29.3. The number of fused-ring (bicyclic) bond motifs is 1. The molecule has 2 aliphatic heterocycles. The number of hydrogen-bond acceptors (Lipinski definition) is 5. The van der Waals surface area contributed by atoms with Crippen LogP contribution in [0.15, 0.2) is 30.3 Å². The number of aliphatic carboxylic acids is 1. The third kappa shape index (κ3) is 5.16. The van der Waals surface area contributed by atoms with E-state index in [0.29, 0.717) is 70.6 Å². The molecule has 1 saturated carbocycles. The molecule has 7 nitrogen and oxygen atoms in total. The number of alkyl halides is 3. The molecule has 1 N–H and O–H groups in total. The summed E-state index contributed by atoms with van der Waals surface area (Å²) in [5.74, 6) is 0.0969. The molecular weight excluding hydrogens is 578 g/mol. The number of piperidine rings is 1. The monoisotopic (exact) mass is 609 g/mol. The van der Waals surface area contributed by atoms with E-state index in [0.717, 1.165) is 25.9 Å². The molecule has 12 heteroatoms. The molecule has 0 unspecified atom stereocenters. The molecule has 41 heavy (non-hydrogen) atoms. The van der Waals surface area contributed by atoms with Gasteiger partial charge in [0.25, 0.3) is 0 Å². The highest BCUT2D eigenvalue weighted by Gasteiger charge is 2.50. The van der Waals surface area contributed by atoms with Gasteiger partial charge >= 0.3 is 12.1 Å². The first-order chi connectivity index (χ1) is 19.3. The molecule has 1 aliphatic carbocycles. The SMILES string of the molecule is C[C@H](c1ccc(Cl)cc1Cl)n1nnc2c(C(F)(F)F)cc(N3CC([C@H]4CCCN(C5CC(C)(C(=O)O)C5)C4)C3)cc21. The average Bonchev–Trinajstić information content (AvgIpc) is 3.28. The molecular formula is C29H32Cl2F3N5O2. The van der Waals surface area contributed by atoms with Crippen LogP contribution in [0.2, 0.25) is 10.0 Å². The molecule has 3 fully saturated rings. The highest BCUT2D eigenvalue weighted by Crippen LogP contribution is 2.46. The number of anilines is 1.